The van der Waals surface area contributed by atoms with Crippen molar-refractivity contribution in [3.63, 3.8) is 0 Å². The number of hydrogen-bond donors (Lipinski definition) is 5. The van der Waals surface area contributed by atoms with Gasteiger partial charge in [0.05, 0.1) is 6.61 Å². The number of nitrogens with two attached hydrogens (primary N) is 1. The second-order valence-corrected chi connectivity index (χ2v) is 4.01. The van der Waals surface area contributed by atoms with Crippen LogP contribution in [0.15, 0.2) is 21.9 Å². The fourth-order valence-electron chi connectivity index (χ4n) is 1.87. The van der Waals surface area contributed by atoms with Gasteiger partial charge in [0.1, 0.15) is 18.3 Å². The number of aliphatic hydroxyl groups is 3. The number of aromatic amines is 1. The van der Waals surface area contributed by atoms with Crippen molar-refractivity contribution in [2.45, 2.75) is 24.2 Å². The zero-order chi connectivity index (χ0) is 13.5. The number of hydrogen-bond acceptors (Lipinski definition) is 7. The molecular weight excluding hydrogens is 246 g/mol. The summed E-state index contributed by atoms with van der Waals surface area (Å²) in [6, 6.07) is 1.02. The van der Waals surface area contributed by atoms with Crippen molar-refractivity contribution in [3.05, 3.63) is 33.1 Å². The number of ether oxygens (including phenoxy) is 1. The Morgan fingerprint density at radius 2 is 2.17 bits per heavy atom. The minimum atomic E-state index is -2.05. The standard InChI is InChI=1S/C9H13N3O6/c10-9(7(16)6(15)4(3-13)18-9)12-2-1-5(14)11-8(12)17/h1-2,4,6-7,13,15-16H,3,10H2,(H,11,14,17)/t4-,6-,7-,9+/m1/s1. The molecule has 0 spiro atoms. The first-order valence-electron chi connectivity index (χ1n) is 5.16. The van der Waals surface area contributed by atoms with E-state index in [1.807, 2.05) is 4.98 Å². The Hall–Kier alpha value is -1.52. The third-order valence-corrected chi connectivity index (χ3v) is 2.85. The first-order chi connectivity index (χ1) is 8.40. The highest BCUT2D eigenvalue weighted by molar-refractivity contribution is 4.98. The molecule has 1 saturated heterocycles. The molecule has 9 heteroatoms. The molecular formula is C9H13N3O6. The smallest absolute Gasteiger partial charge is 0.331 e. The lowest BCUT2D eigenvalue weighted by Gasteiger charge is -2.28. The Kier molecular flexibility index (Phi) is 3.09. The van der Waals surface area contributed by atoms with Crippen LogP contribution < -0.4 is 17.0 Å². The summed E-state index contributed by atoms with van der Waals surface area (Å²) in [6.45, 7) is -0.574. The van der Waals surface area contributed by atoms with Crippen molar-refractivity contribution in [1.29, 1.82) is 0 Å². The summed E-state index contributed by atoms with van der Waals surface area (Å²) in [5, 5.41) is 28.4. The highest BCUT2D eigenvalue weighted by Gasteiger charge is 2.53. The molecule has 0 unspecified atom stereocenters. The van der Waals surface area contributed by atoms with Gasteiger partial charge in [0, 0.05) is 12.3 Å². The number of aliphatic hydroxyl groups excluding tert-OH is 3. The van der Waals surface area contributed by atoms with Gasteiger partial charge >= 0.3 is 5.69 Å². The van der Waals surface area contributed by atoms with E-state index in [1.54, 1.807) is 0 Å². The van der Waals surface area contributed by atoms with Crippen molar-refractivity contribution in [3.8, 4) is 0 Å². The van der Waals surface area contributed by atoms with E-state index in [9.17, 15) is 19.8 Å². The molecule has 18 heavy (non-hydrogen) atoms. The average molecular weight is 259 g/mol. The Labute approximate surface area is 100 Å². The first kappa shape index (κ1) is 12.9. The van der Waals surface area contributed by atoms with Crippen LogP contribution in [0, 0.1) is 0 Å². The lowest BCUT2D eigenvalue weighted by molar-refractivity contribution is -0.146. The van der Waals surface area contributed by atoms with E-state index in [0.29, 0.717) is 0 Å². The molecule has 2 heterocycles. The van der Waals surface area contributed by atoms with Gasteiger partial charge in [-0.25, -0.2) is 4.79 Å². The van der Waals surface area contributed by atoms with Gasteiger partial charge in [-0.2, -0.15) is 0 Å². The van der Waals surface area contributed by atoms with Crippen molar-refractivity contribution < 1.29 is 20.1 Å². The number of nitrogens with one attached hydrogen (secondary N) is 1. The fourth-order valence-corrected chi connectivity index (χ4v) is 1.87. The highest BCUT2D eigenvalue weighted by atomic mass is 16.6. The summed E-state index contributed by atoms with van der Waals surface area (Å²) in [5.41, 5.74) is 4.20. The van der Waals surface area contributed by atoms with E-state index in [1.165, 1.54) is 0 Å². The molecule has 4 atom stereocenters. The normalized spacial score (nSPS) is 35.9. The zero-order valence-electron chi connectivity index (χ0n) is 9.18. The van der Waals surface area contributed by atoms with E-state index < -0.39 is 42.0 Å². The molecule has 1 aliphatic rings. The van der Waals surface area contributed by atoms with Crippen LogP contribution in [-0.2, 0) is 10.6 Å². The summed E-state index contributed by atoms with van der Waals surface area (Å²) in [7, 11) is 0. The minimum Gasteiger partial charge on any atom is -0.394 e. The van der Waals surface area contributed by atoms with Gasteiger partial charge in [0.15, 0.2) is 0 Å². The van der Waals surface area contributed by atoms with E-state index in [2.05, 4.69) is 0 Å². The molecule has 2 rings (SSSR count). The predicted molar refractivity (Wildman–Crippen MR) is 57.5 cm³/mol. The van der Waals surface area contributed by atoms with Gasteiger partial charge in [-0.05, 0) is 0 Å². The monoisotopic (exact) mass is 259 g/mol. The lowest BCUT2D eigenvalue weighted by Crippen LogP contribution is -2.57. The van der Waals surface area contributed by atoms with Crippen LogP contribution in [0.3, 0.4) is 0 Å². The number of rotatable bonds is 2. The molecule has 100 valence electrons. The van der Waals surface area contributed by atoms with E-state index in [0.717, 1.165) is 16.8 Å². The quantitative estimate of drug-likeness (QED) is 0.365. The fraction of sp³-hybridized carbons (Fsp3) is 0.556. The molecule has 1 aliphatic heterocycles. The highest BCUT2D eigenvalue weighted by Crippen LogP contribution is 2.29. The van der Waals surface area contributed by atoms with Crippen LogP contribution in [0.4, 0.5) is 0 Å². The second-order valence-electron chi connectivity index (χ2n) is 4.01. The molecule has 6 N–H and O–H groups in total. The van der Waals surface area contributed by atoms with E-state index in [4.69, 9.17) is 15.6 Å². The molecule has 1 fully saturated rings. The maximum atomic E-state index is 11.6. The zero-order valence-corrected chi connectivity index (χ0v) is 9.18. The van der Waals surface area contributed by atoms with Gasteiger partial charge in [-0.3, -0.25) is 20.1 Å². The Morgan fingerprint density at radius 3 is 2.67 bits per heavy atom. The molecule has 0 bridgehead atoms. The van der Waals surface area contributed by atoms with E-state index >= 15 is 0 Å². The topological polar surface area (TPSA) is 151 Å². The van der Waals surface area contributed by atoms with Crippen molar-refractivity contribution >= 4 is 0 Å². The predicted octanol–water partition coefficient (Wildman–Crippen LogP) is -3.78. The maximum absolute atomic E-state index is 11.6. The largest absolute Gasteiger partial charge is 0.394 e. The first-order valence-corrected chi connectivity index (χ1v) is 5.16. The van der Waals surface area contributed by atoms with Crippen LogP contribution in [0.5, 0.6) is 0 Å². The Bertz CT molecular complexity index is 554. The molecule has 9 nitrogen and oxygen atoms in total. The number of nitrogens with zero attached hydrogens (tertiary/aromatic N) is 1. The van der Waals surface area contributed by atoms with Gasteiger partial charge < -0.3 is 20.1 Å². The molecule has 1 aromatic heterocycles. The molecule has 0 saturated carbocycles. The number of aromatic nitrogens is 2. The summed E-state index contributed by atoms with van der Waals surface area (Å²) >= 11 is 0. The van der Waals surface area contributed by atoms with Crippen molar-refractivity contribution in [2.24, 2.45) is 5.73 Å². The Balaban J connectivity index is 2.49. The summed E-state index contributed by atoms with van der Waals surface area (Å²) in [4.78, 5) is 24.4. The summed E-state index contributed by atoms with van der Waals surface area (Å²) in [6.07, 6.45) is -3.16. The molecule has 0 aliphatic carbocycles. The molecule has 0 radical (unpaired) electrons. The van der Waals surface area contributed by atoms with Crippen LogP contribution >= 0.6 is 0 Å². The van der Waals surface area contributed by atoms with Gasteiger partial charge in [0.25, 0.3) is 5.56 Å². The van der Waals surface area contributed by atoms with Crippen molar-refractivity contribution in [2.75, 3.05) is 6.61 Å². The van der Waals surface area contributed by atoms with Crippen LogP contribution in [0.1, 0.15) is 0 Å². The van der Waals surface area contributed by atoms with Crippen LogP contribution in [-0.4, -0.2) is 49.8 Å². The van der Waals surface area contributed by atoms with E-state index in [-0.39, 0.29) is 0 Å². The lowest BCUT2D eigenvalue weighted by atomic mass is 10.1. The van der Waals surface area contributed by atoms with Crippen LogP contribution in [0.2, 0.25) is 0 Å². The Morgan fingerprint density at radius 1 is 1.50 bits per heavy atom. The minimum absolute atomic E-state index is 0.574. The third kappa shape index (κ3) is 1.78. The summed E-state index contributed by atoms with van der Waals surface area (Å²) in [5.74, 6) is -2.05. The van der Waals surface area contributed by atoms with Gasteiger partial charge in [0.2, 0.25) is 5.85 Å². The average Bonchev–Trinajstić information content (AvgIpc) is 2.54. The van der Waals surface area contributed by atoms with Gasteiger partial charge in [-0.1, -0.05) is 0 Å². The van der Waals surface area contributed by atoms with Crippen LogP contribution in [0.25, 0.3) is 0 Å². The van der Waals surface area contributed by atoms with Gasteiger partial charge in [-0.15, -0.1) is 0 Å². The molecule has 0 aromatic carbocycles. The molecule has 1 aromatic rings. The third-order valence-electron chi connectivity index (χ3n) is 2.85. The number of H-pyrrole nitrogens is 1. The van der Waals surface area contributed by atoms with Crippen molar-refractivity contribution in [1.82, 2.24) is 9.55 Å². The summed E-state index contributed by atoms with van der Waals surface area (Å²) < 4.78 is 5.85. The SMILES string of the molecule is N[C@@]1(n2ccc(=O)[nH]c2=O)O[C@H](CO)[C@@H](O)[C@H]1O. The molecule has 0 amide bonds. The second kappa shape index (κ2) is 4.30. The maximum Gasteiger partial charge on any atom is 0.331 e.